The number of nitrogens with one attached hydrogen (secondary N) is 1. The van der Waals surface area contributed by atoms with Gasteiger partial charge in [-0.2, -0.15) is 0 Å². The standard InChI is InChI=1S/C8H6N2O3/c11-10(12)5-8-9-6-3-1-2-4-7(6)13-8/h1-5,9H/b8-5-. The third-order valence-corrected chi connectivity index (χ3v) is 1.59. The molecular formula is C8H6N2O3. The van der Waals surface area contributed by atoms with E-state index in [0.717, 1.165) is 11.9 Å². The molecule has 66 valence electrons. The maximum atomic E-state index is 10.1. The van der Waals surface area contributed by atoms with Crippen molar-refractivity contribution in [3.63, 3.8) is 0 Å². The molecule has 0 radical (unpaired) electrons. The zero-order chi connectivity index (χ0) is 9.26. The van der Waals surface area contributed by atoms with Crippen molar-refractivity contribution in [3.8, 4) is 5.75 Å². The minimum Gasteiger partial charge on any atom is -0.433 e. The summed E-state index contributed by atoms with van der Waals surface area (Å²) in [5, 5.41) is 12.9. The summed E-state index contributed by atoms with van der Waals surface area (Å²) in [6.07, 6.45) is 0.792. The Kier molecular flexibility index (Phi) is 1.63. The number of ether oxygens (including phenoxy) is 1. The van der Waals surface area contributed by atoms with Crippen molar-refractivity contribution in [2.45, 2.75) is 0 Å². The number of para-hydroxylation sites is 2. The molecule has 13 heavy (non-hydrogen) atoms. The Labute approximate surface area is 73.8 Å². The van der Waals surface area contributed by atoms with E-state index in [9.17, 15) is 10.1 Å². The number of nitro groups is 1. The van der Waals surface area contributed by atoms with Crippen LogP contribution in [0.15, 0.2) is 36.3 Å². The van der Waals surface area contributed by atoms with E-state index in [1.54, 1.807) is 18.2 Å². The van der Waals surface area contributed by atoms with Gasteiger partial charge >= 0.3 is 0 Å². The minimum absolute atomic E-state index is 0.145. The molecule has 5 nitrogen and oxygen atoms in total. The van der Waals surface area contributed by atoms with Gasteiger partial charge in [-0.3, -0.25) is 10.1 Å². The molecule has 0 spiro atoms. The topological polar surface area (TPSA) is 64.4 Å². The average molecular weight is 178 g/mol. The van der Waals surface area contributed by atoms with Gasteiger partial charge in [-0.1, -0.05) is 12.1 Å². The van der Waals surface area contributed by atoms with Gasteiger partial charge < -0.3 is 10.1 Å². The fourth-order valence-electron chi connectivity index (χ4n) is 1.09. The highest BCUT2D eigenvalue weighted by Gasteiger charge is 2.17. The molecule has 1 aromatic carbocycles. The summed E-state index contributed by atoms with van der Waals surface area (Å²) in [6.45, 7) is 0. The van der Waals surface area contributed by atoms with Gasteiger partial charge in [0.15, 0.2) is 5.75 Å². The quantitative estimate of drug-likeness (QED) is 0.523. The van der Waals surface area contributed by atoms with Crippen LogP contribution in [0.3, 0.4) is 0 Å². The first-order chi connectivity index (χ1) is 6.25. The first kappa shape index (κ1) is 7.60. The Hall–Kier alpha value is -2.04. The summed E-state index contributed by atoms with van der Waals surface area (Å²) in [7, 11) is 0. The van der Waals surface area contributed by atoms with Crippen molar-refractivity contribution in [2.75, 3.05) is 5.32 Å². The Morgan fingerprint density at radius 3 is 2.92 bits per heavy atom. The van der Waals surface area contributed by atoms with Crippen molar-refractivity contribution in [1.29, 1.82) is 0 Å². The van der Waals surface area contributed by atoms with Gasteiger partial charge in [0.2, 0.25) is 0 Å². The van der Waals surface area contributed by atoms with Gasteiger partial charge in [0.25, 0.3) is 12.1 Å². The van der Waals surface area contributed by atoms with Gasteiger partial charge in [-0.15, -0.1) is 0 Å². The van der Waals surface area contributed by atoms with Crippen LogP contribution in [0, 0.1) is 10.1 Å². The van der Waals surface area contributed by atoms with Crippen LogP contribution in [0.4, 0.5) is 5.69 Å². The molecule has 0 fully saturated rings. The summed E-state index contributed by atoms with van der Waals surface area (Å²) in [5.74, 6) is 0.752. The molecule has 5 heteroatoms. The van der Waals surface area contributed by atoms with Gasteiger partial charge in [0.05, 0.1) is 10.6 Å². The molecule has 0 atom stereocenters. The van der Waals surface area contributed by atoms with Gasteiger partial charge in [0.1, 0.15) is 0 Å². The molecule has 2 rings (SSSR count). The van der Waals surface area contributed by atoms with Crippen LogP contribution in [0.2, 0.25) is 0 Å². The highest BCUT2D eigenvalue weighted by Crippen LogP contribution is 2.32. The van der Waals surface area contributed by atoms with Crippen LogP contribution < -0.4 is 10.1 Å². The summed E-state index contributed by atoms with van der Waals surface area (Å²) in [4.78, 5) is 9.55. The summed E-state index contributed by atoms with van der Waals surface area (Å²) in [6, 6.07) is 7.15. The Balaban J connectivity index is 2.28. The second-order valence-electron chi connectivity index (χ2n) is 2.50. The van der Waals surface area contributed by atoms with E-state index in [1.165, 1.54) is 0 Å². The van der Waals surface area contributed by atoms with Crippen LogP contribution in [0.25, 0.3) is 0 Å². The van der Waals surface area contributed by atoms with Crippen LogP contribution in [-0.4, -0.2) is 4.92 Å². The van der Waals surface area contributed by atoms with Gasteiger partial charge in [0, 0.05) is 0 Å². The van der Waals surface area contributed by atoms with Crippen molar-refractivity contribution in [1.82, 2.24) is 0 Å². The summed E-state index contributed by atoms with van der Waals surface area (Å²) in [5.41, 5.74) is 0.746. The lowest BCUT2D eigenvalue weighted by atomic mass is 10.3. The van der Waals surface area contributed by atoms with Gasteiger partial charge in [-0.05, 0) is 12.1 Å². The van der Waals surface area contributed by atoms with Gasteiger partial charge in [-0.25, -0.2) is 0 Å². The molecule has 1 aliphatic rings. The second-order valence-corrected chi connectivity index (χ2v) is 2.50. The van der Waals surface area contributed by atoms with Crippen LogP contribution in [0.5, 0.6) is 5.75 Å². The van der Waals surface area contributed by atoms with E-state index < -0.39 is 4.92 Å². The normalized spacial score (nSPS) is 16.2. The largest absolute Gasteiger partial charge is 0.433 e. The third kappa shape index (κ3) is 1.44. The number of rotatable bonds is 1. The van der Waals surface area contributed by atoms with E-state index in [4.69, 9.17) is 4.74 Å². The highest BCUT2D eigenvalue weighted by atomic mass is 16.6. The zero-order valence-corrected chi connectivity index (χ0v) is 6.56. The molecule has 0 bridgehead atoms. The second kappa shape index (κ2) is 2.78. The van der Waals surface area contributed by atoms with Crippen molar-refractivity contribution in [2.24, 2.45) is 0 Å². The fourth-order valence-corrected chi connectivity index (χ4v) is 1.09. The summed E-state index contributed by atoms with van der Waals surface area (Å²) < 4.78 is 5.13. The number of nitrogens with zero attached hydrogens (tertiary/aromatic N) is 1. The predicted molar refractivity (Wildman–Crippen MR) is 45.8 cm³/mol. The maximum absolute atomic E-state index is 10.1. The molecular weight excluding hydrogens is 172 g/mol. The van der Waals surface area contributed by atoms with E-state index in [0.29, 0.717) is 5.75 Å². The van der Waals surface area contributed by atoms with Crippen molar-refractivity contribution in [3.05, 3.63) is 46.5 Å². The minimum atomic E-state index is -0.561. The lowest BCUT2D eigenvalue weighted by Crippen LogP contribution is -2.00. The molecule has 0 aliphatic carbocycles. The average Bonchev–Trinajstić information content (AvgIpc) is 2.44. The van der Waals surface area contributed by atoms with Crippen LogP contribution in [-0.2, 0) is 0 Å². The van der Waals surface area contributed by atoms with E-state index in [-0.39, 0.29) is 5.88 Å². The molecule has 1 aromatic rings. The lowest BCUT2D eigenvalue weighted by molar-refractivity contribution is -0.404. The van der Waals surface area contributed by atoms with E-state index in [1.807, 2.05) is 6.07 Å². The lowest BCUT2D eigenvalue weighted by Gasteiger charge is -1.91. The molecule has 0 amide bonds. The zero-order valence-electron chi connectivity index (χ0n) is 6.56. The Morgan fingerprint density at radius 1 is 1.46 bits per heavy atom. The smallest absolute Gasteiger partial charge is 0.294 e. The molecule has 0 saturated carbocycles. The third-order valence-electron chi connectivity index (χ3n) is 1.59. The number of anilines is 1. The number of benzene rings is 1. The Bertz CT molecular complexity index is 360. The number of fused-ring (bicyclic) bond motifs is 1. The molecule has 0 unspecified atom stereocenters. The highest BCUT2D eigenvalue weighted by molar-refractivity contribution is 5.63. The summed E-state index contributed by atoms with van der Waals surface area (Å²) >= 11 is 0. The SMILES string of the molecule is O=[N+]([O-])/C=C1/Nc2ccccc2O1. The number of hydrogen-bond acceptors (Lipinski definition) is 4. The monoisotopic (exact) mass is 178 g/mol. The fraction of sp³-hybridized carbons (Fsp3) is 0. The van der Waals surface area contributed by atoms with Crippen LogP contribution in [0.1, 0.15) is 0 Å². The van der Waals surface area contributed by atoms with E-state index >= 15 is 0 Å². The molecule has 1 heterocycles. The maximum Gasteiger partial charge on any atom is 0.294 e. The van der Waals surface area contributed by atoms with Crippen molar-refractivity contribution >= 4 is 5.69 Å². The number of hydrogen-bond donors (Lipinski definition) is 1. The molecule has 1 N–H and O–H groups in total. The molecule has 0 saturated heterocycles. The predicted octanol–water partition coefficient (Wildman–Crippen LogP) is 1.57. The first-order valence-corrected chi connectivity index (χ1v) is 3.65. The van der Waals surface area contributed by atoms with E-state index in [2.05, 4.69) is 5.32 Å². The Morgan fingerprint density at radius 2 is 2.23 bits per heavy atom. The van der Waals surface area contributed by atoms with Crippen LogP contribution >= 0.6 is 0 Å². The molecule has 0 aromatic heterocycles. The first-order valence-electron chi connectivity index (χ1n) is 3.65. The molecule has 1 aliphatic heterocycles. The van der Waals surface area contributed by atoms with Crippen molar-refractivity contribution < 1.29 is 9.66 Å².